The van der Waals surface area contributed by atoms with E-state index < -0.39 is 21.7 Å². The van der Waals surface area contributed by atoms with Crippen LogP contribution in [0.1, 0.15) is 51.5 Å². The molecule has 0 amide bonds. The van der Waals surface area contributed by atoms with Gasteiger partial charge in [0.25, 0.3) is 0 Å². The zero-order chi connectivity index (χ0) is 29.5. The maximum atomic E-state index is 13.5. The molecule has 0 aliphatic heterocycles. The largest absolute Gasteiger partial charge is 0.395 e. The van der Waals surface area contributed by atoms with Gasteiger partial charge < -0.3 is 10.2 Å². The van der Waals surface area contributed by atoms with Crippen molar-refractivity contribution in [2.24, 2.45) is 5.41 Å². The highest BCUT2D eigenvalue weighted by atomic mass is 35.5. The van der Waals surface area contributed by atoms with Crippen LogP contribution in [0.25, 0.3) is 0 Å². The van der Waals surface area contributed by atoms with Gasteiger partial charge in [-0.05, 0) is 60.9 Å². The molecule has 1 fully saturated rings. The Labute approximate surface area is 238 Å². The van der Waals surface area contributed by atoms with Gasteiger partial charge in [-0.15, -0.1) is 11.6 Å². The van der Waals surface area contributed by atoms with Crippen molar-refractivity contribution < 1.29 is 27.4 Å². The molecule has 0 spiro atoms. The molecule has 2 aromatic rings. The summed E-state index contributed by atoms with van der Waals surface area (Å²) in [6, 6.07) is 11.1. The standard InChI is InChI=1S/C19H23F2NO2S.C9H19NO2.CH3Cl/c1-3-4-8-18(13-15-11-16(20)14-17(21)12-15)22(2)25(23,24)19-9-6-5-7-10-19;1-9(2-3-9)8-10(4-6-11)5-7-12;1-2/h5-7,9-12,14,18H,3-4,8,13H2,1-2H3;11-12H,2-8H2,1H3;1H3. The maximum Gasteiger partial charge on any atom is 0.243 e. The zero-order valence-corrected chi connectivity index (χ0v) is 25.2. The Balaban J connectivity index is 0.000000454. The second-order valence-electron chi connectivity index (χ2n) is 10.1. The van der Waals surface area contributed by atoms with Gasteiger partial charge in [0.05, 0.1) is 18.1 Å². The van der Waals surface area contributed by atoms with Gasteiger partial charge in [-0.3, -0.25) is 4.90 Å². The summed E-state index contributed by atoms with van der Waals surface area (Å²) < 4.78 is 53.9. The molecule has 2 aromatic carbocycles. The molecule has 1 atom stereocenters. The normalized spacial score (nSPS) is 14.7. The fourth-order valence-electron chi connectivity index (χ4n) is 4.27. The molecular weight excluding hydrogens is 546 g/mol. The third-order valence-electron chi connectivity index (χ3n) is 6.76. The fourth-order valence-corrected chi connectivity index (χ4v) is 5.68. The zero-order valence-electron chi connectivity index (χ0n) is 23.6. The molecule has 10 heteroatoms. The van der Waals surface area contributed by atoms with Crippen LogP contribution in [0.4, 0.5) is 8.78 Å². The smallest absolute Gasteiger partial charge is 0.243 e. The molecule has 1 saturated carbocycles. The maximum absolute atomic E-state index is 13.5. The van der Waals surface area contributed by atoms with Crippen molar-refractivity contribution in [3.63, 3.8) is 0 Å². The van der Waals surface area contributed by atoms with Gasteiger partial charge in [-0.1, -0.05) is 44.9 Å². The highest BCUT2D eigenvalue weighted by Gasteiger charge is 2.38. The molecule has 0 saturated heterocycles. The Morgan fingerprint density at radius 3 is 2.00 bits per heavy atom. The quantitative estimate of drug-likeness (QED) is 0.291. The number of unbranched alkanes of at least 4 members (excludes halogenated alkanes) is 1. The van der Waals surface area contributed by atoms with Crippen molar-refractivity contribution in [1.29, 1.82) is 0 Å². The highest BCUT2D eigenvalue weighted by molar-refractivity contribution is 7.89. The first-order valence-electron chi connectivity index (χ1n) is 13.3. The van der Waals surface area contributed by atoms with Crippen molar-refractivity contribution in [2.75, 3.05) is 46.3 Å². The Kier molecular flexibility index (Phi) is 16.3. The Bertz CT molecular complexity index is 1030. The summed E-state index contributed by atoms with van der Waals surface area (Å²) in [4.78, 5) is 2.34. The lowest BCUT2D eigenvalue weighted by molar-refractivity contribution is 0.143. The molecule has 0 aromatic heterocycles. The molecule has 222 valence electrons. The van der Waals surface area contributed by atoms with Gasteiger partial charge in [0.15, 0.2) is 0 Å². The van der Waals surface area contributed by atoms with Crippen LogP contribution in [0.5, 0.6) is 0 Å². The fraction of sp³-hybridized carbons (Fsp3) is 0.586. The van der Waals surface area contributed by atoms with E-state index in [1.54, 1.807) is 30.3 Å². The first-order chi connectivity index (χ1) is 18.5. The number of aliphatic hydroxyl groups is 2. The summed E-state index contributed by atoms with van der Waals surface area (Å²) in [7, 11) is -2.14. The average molecular weight is 591 g/mol. The molecule has 3 rings (SSSR count). The summed E-state index contributed by atoms with van der Waals surface area (Å²) in [6.07, 6.45) is 6.68. The summed E-state index contributed by atoms with van der Waals surface area (Å²) in [5, 5.41) is 17.5. The minimum Gasteiger partial charge on any atom is -0.395 e. The minimum absolute atomic E-state index is 0.191. The van der Waals surface area contributed by atoms with Crippen molar-refractivity contribution >= 4 is 21.6 Å². The van der Waals surface area contributed by atoms with Crippen LogP contribution in [-0.4, -0.2) is 80.2 Å². The van der Waals surface area contributed by atoms with E-state index in [1.165, 1.54) is 42.7 Å². The number of rotatable bonds is 14. The highest BCUT2D eigenvalue weighted by Crippen LogP contribution is 2.45. The molecule has 1 aliphatic carbocycles. The van der Waals surface area contributed by atoms with Crippen molar-refractivity contribution in [3.8, 4) is 0 Å². The van der Waals surface area contributed by atoms with Gasteiger partial charge in [0.2, 0.25) is 10.0 Å². The summed E-state index contributed by atoms with van der Waals surface area (Å²) in [5.41, 5.74) is 0.929. The number of nitrogens with zero attached hydrogens (tertiary/aromatic N) is 2. The van der Waals surface area contributed by atoms with Crippen LogP contribution in [0.2, 0.25) is 0 Å². The number of benzene rings is 2. The van der Waals surface area contributed by atoms with Crippen molar-refractivity contribution in [2.45, 2.75) is 63.3 Å². The van der Waals surface area contributed by atoms with E-state index in [1.807, 2.05) is 6.92 Å². The summed E-state index contributed by atoms with van der Waals surface area (Å²) >= 11 is 4.64. The van der Waals surface area contributed by atoms with E-state index in [2.05, 4.69) is 23.4 Å². The molecule has 2 N–H and O–H groups in total. The predicted octanol–water partition coefficient (Wildman–Crippen LogP) is 5.31. The van der Waals surface area contributed by atoms with Crippen LogP contribution >= 0.6 is 11.6 Å². The molecule has 1 unspecified atom stereocenters. The third kappa shape index (κ3) is 12.6. The lowest BCUT2D eigenvalue weighted by atomic mass is 10.0. The van der Waals surface area contributed by atoms with Gasteiger partial charge in [-0.2, -0.15) is 4.31 Å². The predicted molar refractivity (Wildman–Crippen MR) is 154 cm³/mol. The van der Waals surface area contributed by atoms with Gasteiger partial charge >= 0.3 is 0 Å². The number of alkyl halides is 1. The van der Waals surface area contributed by atoms with Crippen LogP contribution in [0, 0.1) is 17.0 Å². The molecule has 0 radical (unpaired) electrons. The van der Waals surface area contributed by atoms with E-state index in [-0.39, 0.29) is 30.6 Å². The SMILES string of the molecule is CC1(CN(CCO)CCO)CC1.CCCCC(Cc1cc(F)cc(F)c1)N(C)S(=O)(=O)c1ccccc1.CCl. The Morgan fingerprint density at radius 2 is 1.54 bits per heavy atom. The van der Waals surface area contributed by atoms with Crippen LogP contribution in [0.15, 0.2) is 53.4 Å². The first kappa shape index (κ1) is 35.4. The van der Waals surface area contributed by atoms with Crippen LogP contribution in [-0.2, 0) is 16.4 Å². The number of sulfonamides is 1. The van der Waals surface area contributed by atoms with Crippen LogP contribution in [0.3, 0.4) is 0 Å². The third-order valence-corrected chi connectivity index (χ3v) is 8.68. The van der Waals surface area contributed by atoms with E-state index in [9.17, 15) is 17.2 Å². The molecule has 0 bridgehead atoms. The van der Waals surface area contributed by atoms with Crippen LogP contribution < -0.4 is 0 Å². The molecule has 39 heavy (non-hydrogen) atoms. The monoisotopic (exact) mass is 590 g/mol. The van der Waals surface area contributed by atoms with Gasteiger partial charge in [0.1, 0.15) is 11.6 Å². The molecular formula is C29H45ClF2N2O4S. The number of hydrogen-bond acceptors (Lipinski definition) is 5. The van der Waals surface area contributed by atoms with E-state index in [4.69, 9.17) is 10.2 Å². The second-order valence-corrected chi connectivity index (χ2v) is 12.1. The van der Waals surface area contributed by atoms with Crippen molar-refractivity contribution in [3.05, 3.63) is 65.7 Å². The number of likely N-dealkylation sites (N-methyl/N-ethyl adjacent to an activating group) is 1. The first-order valence-corrected chi connectivity index (χ1v) is 15.5. The van der Waals surface area contributed by atoms with Crippen molar-refractivity contribution in [1.82, 2.24) is 9.21 Å². The Hall–Kier alpha value is -1.62. The average Bonchev–Trinajstić information content (AvgIpc) is 3.64. The van der Waals surface area contributed by atoms with E-state index in [0.717, 1.165) is 25.5 Å². The topological polar surface area (TPSA) is 81.1 Å². The van der Waals surface area contributed by atoms with E-state index >= 15 is 0 Å². The van der Waals surface area contributed by atoms with Gasteiger partial charge in [0, 0.05) is 45.2 Å². The molecule has 1 aliphatic rings. The minimum atomic E-state index is -3.66. The Morgan fingerprint density at radius 1 is 1.00 bits per heavy atom. The van der Waals surface area contributed by atoms with E-state index in [0.29, 0.717) is 30.5 Å². The summed E-state index contributed by atoms with van der Waals surface area (Å²) in [5.74, 6) is -1.31. The summed E-state index contributed by atoms with van der Waals surface area (Å²) in [6.45, 7) is 7.06. The molecule has 6 nitrogen and oxygen atoms in total. The lowest BCUT2D eigenvalue weighted by Gasteiger charge is -2.28. The number of aliphatic hydroxyl groups excluding tert-OH is 2. The van der Waals surface area contributed by atoms with Gasteiger partial charge in [-0.25, -0.2) is 17.2 Å². The lowest BCUT2D eigenvalue weighted by Crippen LogP contribution is -2.38. The molecule has 0 heterocycles. The number of halogens is 3. The second kappa shape index (κ2) is 17.9. The number of hydrogen-bond donors (Lipinski definition) is 2.